The van der Waals surface area contributed by atoms with Gasteiger partial charge < -0.3 is 9.88 Å². The standard InChI is InChI=1S/C13H18ClN5O/c1-7(14)12-16-11-8(2)17-18(3)13(11)19(12)9-4-5-10(20)15-6-9/h7,9H,4-6H2,1-3H3,(H,15,20). The van der Waals surface area contributed by atoms with E-state index in [9.17, 15) is 4.79 Å². The lowest BCUT2D eigenvalue weighted by Crippen LogP contribution is -2.36. The smallest absolute Gasteiger partial charge is 0.220 e. The van der Waals surface area contributed by atoms with Crippen LogP contribution in [0.2, 0.25) is 0 Å². The molecule has 1 saturated heterocycles. The van der Waals surface area contributed by atoms with Crippen molar-refractivity contribution < 1.29 is 4.79 Å². The van der Waals surface area contributed by atoms with E-state index in [1.54, 1.807) is 0 Å². The van der Waals surface area contributed by atoms with Crippen molar-refractivity contribution in [3.05, 3.63) is 11.5 Å². The van der Waals surface area contributed by atoms with Crippen LogP contribution in [0.3, 0.4) is 0 Å². The lowest BCUT2D eigenvalue weighted by atomic mass is 10.1. The molecule has 2 atom stereocenters. The van der Waals surface area contributed by atoms with E-state index in [0.29, 0.717) is 13.0 Å². The number of fused-ring (bicyclic) bond motifs is 1. The Morgan fingerprint density at radius 1 is 1.50 bits per heavy atom. The van der Waals surface area contributed by atoms with E-state index in [1.807, 2.05) is 25.6 Å². The van der Waals surface area contributed by atoms with Crippen LogP contribution in [0.1, 0.15) is 42.7 Å². The summed E-state index contributed by atoms with van der Waals surface area (Å²) in [5.41, 5.74) is 2.78. The number of amides is 1. The van der Waals surface area contributed by atoms with E-state index >= 15 is 0 Å². The molecule has 2 aromatic rings. The van der Waals surface area contributed by atoms with Gasteiger partial charge in [-0.2, -0.15) is 5.10 Å². The third-order valence-corrected chi connectivity index (χ3v) is 4.02. The Hall–Kier alpha value is -1.56. The Morgan fingerprint density at radius 3 is 2.85 bits per heavy atom. The van der Waals surface area contributed by atoms with Gasteiger partial charge in [0.1, 0.15) is 11.3 Å². The van der Waals surface area contributed by atoms with E-state index in [2.05, 4.69) is 20.0 Å². The van der Waals surface area contributed by atoms with Crippen molar-refractivity contribution in [2.24, 2.45) is 7.05 Å². The van der Waals surface area contributed by atoms with Gasteiger partial charge in [0.15, 0.2) is 5.65 Å². The molecule has 0 radical (unpaired) electrons. The first kappa shape index (κ1) is 13.4. The number of alkyl halides is 1. The normalized spacial score (nSPS) is 21.2. The van der Waals surface area contributed by atoms with Gasteiger partial charge >= 0.3 is 0 Å². The average Bonchev–Trinajstić information content (AvgIpc) is 2.90. The summed E-state index contributed by atoms with van der Waals surface area (Å²) < 4.78 is 3.99. The summed E-state index contributed by atoms with van der Waals surface area (Å²) in [6.45, 7) is 4.49. The minimum absolute atomic E-state index is 0.110. The van der Waals surface area contributed by atoms with Gasteiger partial charge in [0.2, 0.25) is 5.91 Å². The summed E-state index contributed by atoms with van der Waals surface area (Å²) in [5, 5.41) is 7.16. The van der Waals surface area contributed by atoms with E-state index in [4.69, 9.17) is 11.6 Å². The SMILES string of the molecule is Cc1nn(C)c2c1nc(C(C)Cl)n2C1CCC(=O)NC1. The molecule has 0 bridgehead atoms. The van der Waals surface area contributed by atoms with Crippen LogP contribution in [0.5, 0.6) is 0 Å². The van der Waals surface area contributed by atoms with E-state index in [1.165, 1.54) is 0 Å². The Bertz CT molecular complexity index is 662. The van der Waals surface area contributed by atoms with Gasteiger partial charge in [-0.15, -0.1) is 11.6 Å². The number of carbonyl (C=O) groups excluding carboxylic acids is 1. The molecule has 0 spiro atoms. The average molecular weight is 296 g/mol. The molecule has 0 aromatic carbocycles. The second-order valence-corrected chi connectivity index (χ2v) is 5.99. The van der Waals surface area contributed by atoms with Crippen LogP contribution in [0.25, 0.3) is 11.2 Å². The maximum absolute atomic E-state index is 11.4. The first-order valence-electron chi connectivity index (χ1n) is 6.81. The maximum Gasteiger partial charge on any atom is 0.220 e. The van der Waals surface area contributed by atoms with Crippen LogP contribution in [0.15, 0.2) is 0 Å². The topological polar surface area (TPSA) is 64.7 Å². The minimum Gasteiger partial charge on any atom is -0.354 e. The predicted octanol–water partition coefficient (Wildman–Crippen LogP) is 1.83. The molecule has 2 aromatic heterocycles. The molecule has 3 heterocycles. The summed E-state index contributed by atoms with van der Waals surface area (Å²) >= 11 is 6.29. The molecule has 108 valence electrons. The highest BCUT2D eigenvalue weighted by Gasteiger charge is 2.28. The maximum atomic E-state index is 11.4. The number of aromatic nitrogens is 4. The van der Waals surface area contributed by atoms with Gasteiger partial charge in [0.05, 0.1) is 17.1 Å². The number of carbonyl (C=O) groups is 1. The molecule has 0 saturated carbocycles. The van der Waals surface area contributed by atoms with Crippen molar-refractivity contribution in [2.45, 2.75) is 38.1 Å². The number of halogens is 1. The summed E-state index contributed by atoms with van der Waals surface area (Å²) in [5.74, 6) is 0.957. The molecular formula is C13H18ClN5O. The predicted molar refractivity (Wildman–Crippen MR) is 76.8 cm³/mol. The molecule has 2 unspecified atom stereocenters. The molecule has 1 aliphatic rings. The summed E-state index contributed by atoms with van der Waals surface area (Å²) in [6.07, 6.45) is 1.34. The van der Waals surface area contributed by atoms with E-state index < -0.39 is 0 Å². The van der Waals surface area contributed by atoms with Crippen molar-refractivity contribution >= 4 is 28.7 Å². The van der Waals surface area contributed by atoms with Crippen LogP contribution in [0, 0.1) is 6.92 Å². The zero-order valence-electron chi connectivity index (χ0n) is 11.9. The van der Waals surface area contributed by atoms with Gasteiger partial charge in [-0.3, -0.25) is 9.48 Å². The Morgan fingerprint density at radius 2 is 2.25 bits per heavy atom. The third kappa shape index (κ3) is 1.98. The molecule has 7 heteroatoms. The number of rotatable bonds is 2. The van der Waals surface area contributed by atoms with Crippen molar-refractivity contribution in [1.29, 1.82) is 0 Å². The third-order valence-electron chi connectivity index (χ3n) is 3.82. The van der Waals surface area contributed by atoms with Crippen LogP contribution >= 0.6 is 11.6 Å². The van der Waals surface area contributed by atoms with Crippen molar-refractivity contribution in [2.75, 3.05) is 6.54 Å². The number of nitrogens with zero attached hydrogens (tertiary/aromatic N) is 4. The monoisotopic (exact) mass is 295 g/mol. The number of nitrogens with one attached hydrogen (secondary N) is 1. The van der Waals surface area contributed by atoms with Crippen LogP contribution < -0.4 is 5.32 Å². The quantitative estimate of drug-likeness (QED) is 0.860. The molecule has 20 heavy (non-hydrogen) atoms. The first-order valence-corrected chi connectivity index (χ1v) is 7.25. The number of hydrogen-bond acceptors (Lipinski definition) is 3. The van der Waals surface area contributed by atoms with Gasteiger partial charge in [-0.1, -0.05) is 0 Å². The fourth-order valence-electron chi connectivity index (χ4n) is 2.89. The molecular weight excluding hydrogens is 278 g/mol. The highest BCUT2D eigenvalue weighted by molar-refractivity contribution is 6.20. The van der Waals surface area contributed by atoms with Crippen molar-refractivity contribution in [1.82, 2.24) is 24.6 Å². The molecule has 6 nitrogen and oxygen atoms in total. The first-order chi connectivity index (χ1) is 9.49. The van der Waals surface area contributed by atoms with Crippen LogP contribution in [-0.4, -0.2) is 31.8 Å². The molecule has 1 amide bonds. The highest BCUT2D eigenvalue weighted by Crippen LogP contribution is 2.31. The fourth-order valence-corrected chi connectivity index (χ4v) is 3.05. The Kier molecular flexibility index (Phi) is 3.20. The zero-order chi connectivity index (χ0) is 14.4. The number of aryl methyl sites for hydroxylation is 2. The molecule has 3 rings (SSSR count). The number of hydrogen-bond donors (Lipinski definition) is 1. The second kappa shape index (κ2) is 4.77. The Balaban J connectivity index is 2.15. The molecule has 1 N–H and O–H groups in total. The lowest BCUT2D eigenvalue weighted by Gasteiger charge is -2.26. The van der Waals surface area contributed by atoms with Crippen molar-refractivity contribution in [3.63, 3.8) is 0 Å². The Labute approximate surface area is 122 Å². The van der Waals surface area contributed by atoms with Gasteiger partial charge in [-0.05, 0) is 20.3 Å². The van der Waals surface area contributed by atoms with Crippen molar-refractivity contribution in [3.8, 4) is 0 Å². The highest BCUT2D eigenvalue weighted by atomic mass is 35.5. The van der Waals surface area contributed by atoms with Gasteiger partial charge in [-0.25, -0.2) is 4.98 Å². The molecule has 0 aliphatic carbocycles. The van der Waals surface area contributed by atoms with E-state index in [-0.39, 0.29) is 17.3 Å². The number of imidazole rings is 1. The van der Waals surface area contributed by atoms with Crippen LogP contribution in [0.4, 0.5) is 0 Å². The number of piperidine rings is 1. The van der Waals surface area contributed by atoms with E-state index in [0.717, 1.165) is 29.1 Å². The minimum atomic E-state index is -0.181. The van der Waals surface area contributed by atoms with Gasteiger partial charge in [0.25, 0.3) is 0 Å². The van der Waals surface area contributed by atoms with Crippen LogP contribution in [-0.2, 0) is 11.8 Å². The largest absolute Gasteiger partial charge is 0.354 e. The zero-order valence-corrected chi connectivity index (χ0v) is 12.6. The summed E-state index contributed by atoms with van der Waals surface area (Å²) in [6, 6.07) is 0.184. The van der Waals surface area contributed by atoms with Gasteiger partial charge in [0, 0.05) is 20.0 Å². The summed E-state index contributed by atoms with van der Waals surface area (Å²) in [7, 11) is 1.91. The molecule has 1 aliphatic heterocycles. The fraction of sp³-hybridized carbons (Fsp3) is 0.615. The molecule has 1 fully saturated rings. The second-order valence-electron chi connectivity index (χ2n) is 5.33. The lowest BCUT2D eigenvalue weighted by molar-refractivity contribution is -0.122. The summed E-state index contributed by atoms with van der Waals surface area (Å²) in [4.78, 5) is 16.0.